The minimum Gasteiger partial charge on any atom is -0.497 e. The second-order valence-electron chi connectivity index (χ2n) is 7.18. The molecule has 1 atom stereocenters. The number of hydrogen-bond acceptors (Lipinski definition) is 6. The molecule has 4 rings (SSSR count). The van der Waals surface area contributed by atoms with Crippen LogP contribution in [0.25, 0.3) is 10.2 Å². The van der Waals surface area contributed by atoms with Gasteiger partial charge in [0.2, 0.25) is 0 Å². The number of nitrogens with zero attached hydrogens (tertiary/aromatic N) is 2. The van der Waals surface area contributed by atoms with E-state index in [4.69, 9.17) is 30.8 Å². The maximum Gasteiger partial charge on any atom is 0.264 e. The van der Waals surface area contributed by atoms with Crippen molar-refractivity contribution in [1.82, 2.24) is 4.98 Å². The number of benzene rings is 2. The first-order valence-corrected chi connectivity index (χ1v) is 10.9. The van der Waals surface area contributed by atoms with Crippen LogP contribution in [0.15, 0.2) is 30.3 Å². The minimum atomic E-state index is -0.205. The summed E-state index contributed by atoms with van der Waals surface area (Å²) in [6.45, 7) is 3.10. The summed E-state index contributed by atoms with van der Waals surface area (Å²) in [5, 5.41) is 1.27. The maximum atomic E-state index is 13.7. The van der Waals surface area contributed by atoms with Crippen LogP contribution in [0.4, 0.5) is 5.13 Å². The molecule has 0 spiro atoms. The molecule has 8 heteroatoms. The van der Waals surface area contributed by atoms with E-state index in [9.17, 15) is 4.79 Å². The molecule has 0 aliphatic carbocycles. The van der Waals surface area contributed by atoms with E-state index >= 15 is 0 Å². The van der Waals surface area contributed by atoms with Gasteiger partial charge in [0.1, 0.15) is 11.5 Å². The summed E-state index contributed by atoms with van der Waals surface area (Å²) in [7, 11) is 3.12. The lowest BCUT2D eigenvalue weighted by molar-refractivity contribution is 0.0914. The highest BCUT2D eigenvalue weighted by Gasteiger charge is 2.29. The van der Waals surface area contributed by atoms with Crippen LogP contribution in [-0.4, -0.2) is 44.4 Å². The SMILES string of the molecule is COc1ccc(OC)c(C(=O)N(CC2CCCO2)c2nc3c(C)cc(Cl)cc3s2)c1. The molecule has 1 unspecified atom stereocenters. The van der Waals surface area contributed by atoms with Gasteiger partial charge in [0.05, 0.1) is 42.6 Å². The second-order valence-corrected chi connectivity index (χ2v) is 8.63. The van der Waals surface area contributed by atoms with Crippen molar-refractivity contribution in [3.8, 4) is 11.5 Å². The number of fused-ring (bicyclic) bond motifs is 1. The third-order valence-corrected chi connectivity index (χ3v) is 6.41. The lowest BCUT2D eigenvalue weighted by Crippen LogP contribution is -2.37. The van der Waals surface area contributed by atoms with E-state index in [1.165, 1.54) is 11.3 Å². The van der Waals surface area contributed by atoms with E-state index in [1.807, 2.05) is 19.1 Å². The van der Waals surface area contributed by atoms with E-state index in [2.05, 4.69) is 0 Å². The molecule has 0 bridgehead atoms. The Hall–Kier alpha value is -2.35. The summed E-state index contributed by atoms with van der Waals surface area (Å²) >= 11 is 7.67. The molecule has 0 radical (unpaired) electrons. The molecule has 0 N–H and O–H groups in total. The maximum absolute atomic E-state index is 13.7. The lowest BCUT2D eigenvalue weighted by Gasteiger charge is -2.24. The number of aromatic nitrogens is 1. The Kier molecular flexibility index (Phi) is 6.13. The molecule has 158 valence electrons. The number of carbonyl (C=O) groups excluding carboxylic acids is 1. The number of hydrogen-bond donors (Lipinski definition) is 0. The van der Waals surface area contributed by atoms with E-state index in [0.717, 1.165) is 28.6 Å². The Morgan fingerprint density at radius 2 is 2.13 bits per heavy atom. The van der Waals surface area contributed by atoms with Crippen LogP contribution < -0.4 is 14.4 Å². The van der Waals surface area contributed by atoms with Crippen LogP contribution in [0.1, 0.15) is 28.8 Å². The first kappa shape index (κ1) is 20.9. The van der Waals surface area contributed by atoms with Crippen LogP contribution >= 0.6 is 22.9 Å². The van der Waals surface area contributed by atoms with Crippen molar-refractivity contribution in [2.24, 2.45) is 0 Å². The molecule has 1 amide bonds. The van der Waals surface area contributed by atoms with Gasteiger partial charge in [-0.2, -0.15) is 0 Å². The number of rotatable bonds is 6. The summed E-state index contributed by atoms with van der Waals surface area (Å²) in [4.78, 5) is 20.1. The zero-order valence-corrected chi connectivity index (χ0v) is 18.7. The number of amides is 1. The molecular weight excluding hydrogens is 424 g/mol. The van der Waals surface area contributed by atoms with Gasteiger partial charge in [-0.25, -0.2) is 4.98 Å². The van der Waals surface area contributed by atoms with E-state index in [-0.39, 0.29) is 12.0 Å². The zero-order valence-electron chi connectivity index (χ0n) is 17.1. The number of thiazole rings is 1. The smallest absolute Gasteiger partial charge is 0.264 e. The molecule has 1 aromatic heterocycles. The standard InChI is InChI=1S/C22H23ClN2O4S/c1-13-9-14(23)10-19-20(13)24-22(30-19)25(12-16-5-4-8-29-16)21(26)17-11-15(27-2)6-7-18(17)28-3/h6-7,9-11,16H,4-5,8,12H2,1-3H3. The van der Waals surface area contributed by atoms with Crippen molar-refractivity contribution in [2.45, 2.75) is 25.9 Å². The third kappa shape index (κ3) is 4.10. The summed E-state index contributed by atoms with van der Waals surface area (Å²) in [5.74, 6) is 0.866. The van der Waals surface area contributed by atoms with Crippen LogP contribution in [-0.2, 0) is 4.74 Å². The number of aryl methyl sites for hydroxylation is 1. The molecule has 6 nitrogen and oxygen atoms in total. The first-order valence-electron chi connectivity index (χ1n) is 9.72. The Bertz CT molecular complexity index is 1080. The molecule has 1 saturated heterocycles. The Morgan fingerprint density at radius 3 is 2.83 bits per heavy atom. The zero-order chi connectivity index (χ0) is 21.3. The molecule has 30 heavy (non-hydrogen) atoms. The quantitative estimate of drug-likeness (QED) is 0.527. The van der Waals surface area contributed by atoms with Crippen molar-refractivity contribution in [2.75, 3.05) is 32.3 Å². The minimum absolute atomic E-state index is 0.0257. The predicted octanol–water partition coefficient (Wildman–Crippen LogP) is 5.10. The van der Waals surface area contributed by atoms with Gasteiger partial charge in [-0.05, 0) is 55.7 Å². The van der Waals surface area contributed by atoms with Crippen LogP contribution in [0.2, 0.25) is 5.02 Å². The van der Waals surface area contributed by atoms with Crippen molar-refractivity contribution in [1.29, 1.82) is 0 Å². The van der Waals surface area contributed by atoms with Gasteiger partial charge in [-0.3, -0.25) is 9.69 Å². The number of ether oxygens (including phenoxy) is 3. The van der Waals surface area contributed by atoms with Gasteiger partial charge in [0.25, 0.3) is 5.91 Å². The number of halogens is 1. The summed E-state index contributed by atoms with van der Waals surface area (Å²) in [5.41, 5.74) is 2.24. The molecule has 2 heterocycles. The molecule has 0 saturated carbocycles. The molecule has 3 aromatic rings. The predicted molar refractivity (Wildman–Crippen MR) is 120 cm³/mol. The fourth-order valence-corrected chi connectivity index (χ4v) is 5.05. The van der Waals surface area contributed by atoms with Crippen LogP contribution in [0.5, 0.6) is 11.5 Å². The van der Waals surface area contributed by atoms with E-state index in [0.29, 0.717) is 40.4 Å². The highest BCUT2D eigenvalue weighted by molar-refractivity contribution is 7.22. The normalized spacial score (nSPS) is 16.1. The van der Waals surface area contributed by atoms with Crippen LogP contribution in [0.3, 0.4) is 0 Å². The van der Waals surface area contributed by atoms with Gasteiger partial charge in [-0.15, -0.1) is 0 Å². The van der Waals surface area contributed by atoms with Crippen molar-refractivity contribution in [3.05, 3.63) is 46.5 Å². The largest absolute Gasteiger partial charge is 0.497 e. The molecule has 1 fully saturated rings. The lowest BCUT2D eigenvalue weighted by atomic mass is 10.1. The van der Waals surface area contributed by atoms with Gasteiger partial charge in [-0.1, -0.05) is 22.9 Å². The Labute approximate surface area is 184 Å². The fourth-order valence-electron chi connectivity index (χ4n) is 3.62. The first-order chi connectivity index (χ1) is 14.5. The van der Waals surface area contributed by atoms with Gasteiger partial charge in [0.15, 0.2) is 5.13 Å². The molecule has 1 aliphatic rings. The molecular formula is C22H23ClN2O4S. The van der Waals surface area contributed by atoms with Crippen LogP contribution in [0, 0.1) is 6.92 Å². The summed E-state index contributed by atoms with van der Waals surface area (Å²) < 4.78 is 17.5. The van der Waals surface area contributed by atoms with Gasteiger partial charge in [0, 0.05) is 11.6 Å². The highest BCUT2D eigenvalue weighted by atomic mass is 35.5. The summed E-state index contributed by atoms with van der Waals surface area (Å²) in [6, 6.07) is 8.96. The van der Waals surface area contributed by atoms with E-state index < -0.39 is 0 Å². The highest BCUT2D eigenvalue weighted by Crippen LogP contribution is 2.35. The number of anilines is 1. The molecule has 1 aliphatic heterocycles. The average molecular weight is 447 g/mol. The molecule has 2 aromatic carbocycles. The third-order valence-electron chi connectivity index (χ3n) is 5.16. The van der Waals surface area contributed by atoms with Gasteiger partial charge < -0.3 is 14.2 Å². The van der Waals surface area contributed by atoms with Gasteiger partial charge >= 0.3 is 0 Å². The monoisotopic (exact) mass is 446 g/mol. The topological polar surface area (TPSA) is 60.9 Å². The Balaban J connectivity index is 1.79. The summed E-state index contributed by atoms with van der Waals surface area (Å²) in [6.07, 6.45) is 1.88. The van der Waals surface area contributed by atoms with Crippen molar-refractivity contribution >= 4 is 44.2 Å². The van der Waals surface area contributed by atoms with Crippen molar-refractivity contribution in [3.63, 3.8) is 0 Å². The Morgan fingerprint density at radius 1 is 1.30 bits per heavy atom. The van der Waals surface area contributed by atoms with E-state index in [1.54, 1.807) is 37.3 Å². The second kappa shape index (κ2) is 8.79. The number of methoxy groups -OCH3 is 2. The fraction of sp³-hybridized carbons (Fsp3) is 0.364. The number of carbonyl (C=O) groups is 1. The average Bonchev–Trinajstić information content (AvgIpc) is 3.40. The van der Waals surface area contributed by atoms with Crippen molar-refractivity contribution < 1.29 is 19.0 Å².